The first-order valence-corrected chi connectivity index (χ1v) is 13.7. The molecule has 5 aromatic rings. The number of ether oxygens (including phenoxy) is 4. The van der Waals surface area contributed by atoms with Crippen LogP contribution in [0.5, 0.6) is 0 Å². The van der Waals surface area contributed by atoms with Gasteiger partial charge in [0.15, 0.2) is 18.4 Å². The molecule has 1 fully saturated rings. The summed E-state index contributed by atoms with van der Waals surface area (Å²) in [6, 6.07) is 26.9. The lowest BCUT2D eigenvalue weighted by atomic mass is 10.1. The fourth-order valence-electron chi connectivity index (χ4n) is 4.83. The summed E-state index contributed by atoms with van der Waals surface area (Å²) < 4.78 is 25.5. The predicted molar refractivity (Wildman–Crippen MR) is 154 cm³/mol. The number of fused-ring (bicyclic) bond motifs is 1. The molecule has 216 valence electrons. The van der Waals surface area contributed by atoms with Gasteiger partial charge in [0.25, 0.3) is 0 Å². The number of benzene rings is 3. The van der Waals surface area contributed by atoms with E-state index in [2.05, 4.69) is 9.97 Å². The standard InChI is InChI=1S/C32H24ClN3O7/c33-27-23-16-17-36(28(23)35-19-34-27)29-26(43-32(39)22-14-8-3-9-15-22)25(42-31(38)21-12-6-2-7-13-21)24(41-29)18-40-30(37)20-10-4-1-5-11-20/h1-17,19,24-26,29H,18H2. The Morgan fingerprint density at radius 2 is 1.26 bits per heavy atom. The van der Waals surface area contributed by atoms with Crippen molar-refractivity contribution in [1.29, 1.82) is 0 Å². The van der Waals surface area contributed by atoms with Crippen LogP contribution < -0.4 is 0 Å². The van der Waals surface area contributed by atoms with Gasteiger partial charge in [0.1, 0.15) is 29.8 Å². The van der Waals surface area contributed by atoms with Gasteiger partial charge in [-0.15, -0.1) is 0 Å². The quantitative estimate of drug-likeness (QED) is 0.133. The van der Waals surface area contributed by atoms with Crippen molar-refractivity contribution in [1.82, 2.24) is 14.5 Å². The molecule has 0 N–H and O–H groups in total. The maximum absolute atomic E-state index is 13.3. The van der Waals surface area contributed by atoms with Crippen molar-refractivity contribution in [2.24, 2.45) is 0 Å². The van der Waals surface area contributed by atoms with Gasteiger partial charge in [-0.3, -0.25) is 0 Å². The summed E-state index contributed by atoms with van der Waals surface area (Å²) in [7, 11) is 0. The highest BCUT2D eigenvalue weighted by molar-refractivity contribution is 6.33. The monoisotopic (exact) mass is 597 g/mol. The van der Waals surface area contributed by atoms with Crippen LogP contribution >= 0.6 is 11.6 Å². The van der Waals surface area contributed by atoms with Crippen LogP contribution in [0.2, 0.25) is 5.15 Å². The topological polar surface area (TPSA) is 119 Å². The van der Waals surface area contributed by atoms with Crippen LogP contribution in [-0.2, 0) is 18.9 Å². The number of rotatable bonds is 8. The van der Waals surface area contributed by atoms with Crippen molar-refractivity contribution in [3.05, 3.63) is 131 Å². The Labute approximate surface area is 250 Å². The maximum atomic E-state index is 13.3. The third-order valence-electron chi connectivity index (χ3n) is 6.91. The lowest BCUT2D eigenvalue weighted by Crippen LogP contribution is -2.41. The molecule has 1 aliphatic rings. The summed E-state index contributed by atoms with van der Waals surface area (Å²) in [4.78, 5) is 47.8. The number of hydrogen-bond donors (Lipinski definition) is 0. The third kappa shape index (κ3) is 5.97. The number of halogens is 1. The molecule has 0 spiro atoms. The van der Waals surface area contributed by atoms with Gasteiger partial charge >= 0.3 is 17.9 Å². The molecule has 1 saturated heterocycles. The molecule has 0 radical (unpaired) electrons. The van der Waals surface area contributed by atoms with E-state index in [1.165, 1.54) is 6.33 Å². The molecule has 11 heteroatoms. The minimum Gasteiger partial charge on any atom is -0.459 e. The lowest BCUT2D eigenvalue weighted by molar-refractivity contribution is -0.0604. The molecule has 6 rings (SSSR count). The number of hydrogen-bond acceptors (Lipinski definition) is 9. The number of carbonyl (C=O) groups excluding carboxylic acids is 3. The Hall–Kier alpha value is -5.06. The van der Waals surface area contributed by atoms with E-state index in [0.717, 1.165) is 0 Å². The Kier molecular flexibility index (Phi) is 8.12. The molecule has 0 saturated carbocycles. The number of aromatic nitrogens is 3. The second kappa shape index (κ2) is 12.4. The average molecular weight is 598 g/mol. The van der Waals surface area contributed by atoms with Crippen molar-refractivity contribution in [2.45, 2.75) is 24.5 Å². The van der Waals surface area contributed by atoms with E-state index in [-0.39, 0.29) is 22.9 Å². The second-order valence-corrected chi connectivity index (χ2v) is 9.98. The van der Waals surface area contributed by atoms with Gasteiger partial charge in [0.2, 0.25) is 0 Å². The van der Waals surface area contributed by atoms with E-state index in [9.17, 15) is 14.4 Å². The summed E-state index contributed by atoms with van der Waals surface area (Å²) in [6.07, 6.45) is -1.45. The predicted octanol–water partition coefficient (Wildman–Crippen LogP) is 5.29. The molecule has 43 heavy (non-hydrogen) atoms. The molecule has 4 unspecified atom stereocenters. The summed E-state index contributed by atoms with van der Waals surface area (Å²) >= 11 is 6.30. The molecular weight excluding hydrogens is 574 g/mol. The smallest absolute Gasteiger partial charge is 0.338 e. The van der Waals surface area contributed by atoms with E-state index >= 15 is 0 Å². The number of esters is 3. The second-order valence-electron chi connectivity index (χ2n) is 9.63. The highest BCUT2D eigenvalue weighted by Gasteiger charge is 2.51. The normalized spacial score (nSPS) is 19.6. The first kappa shape index (κ1) is 28.1. The van der Waals surface area contributed by atoms with E-state index < -0.39 is 42.4 Å². The molecule has 0 aliphatic carbocycles. The van der Waals surface area contributed by atoms with Gasteiger partial charge < -0.3 is 23.5 Å². The first-order chi connectivity index (χ1) is 21.0. The van der Waals surface area contributed by atoms with Gasteiger partial charge in [0, 0.05) is 6.20 Å². The van der Waals surface area contributed by atoms with Crippen LogP contribution in [0.1, 0.15) is 37.3 Å². The van der Waals surface area contributed by atoms with Crippen molar-refractivity contribution in [3.63, 3.8) is 0 Å². The molecule has 2 aromatic heterocycles. The number of nitrogens with zero attached hydrogens (tertiary/aromatic N) is 3. The molecule has 1 aliphatic heterocycles. The molecule has 4 atom stereocenters. The summed E-state index contributed by atoms with van der Waals surface area (Å²) in [5.41, 5.74) is 1.31. The highest BCUT2D eigenvalue weighted by atomic mass is 35.5. The maximum Gasteiger partial charge on any atom is 0.338 e. The fourth-order valence-corrected chi connectivity index (χ4v) is 5.02. The van der Waals surface area contributed by atoms with E-state index in [1.54, 1.807) is 108 Å². The molecular formula is C32H24ClN3O7. The van der Waals surface area contributed by atoms with Gasteiger partial charge in [-0.05, 0) is 42.5 Å². The average Bonchev–Trinajstić information content (AvgIpc) is 3.63. The summed E-state index contributed by atoms with van der Waals surface area (Å²) in [5.74, 6) is -1.92. The van der Waals surface area contributed by atoms with Crippen molar-refractivity contribution < 1.29 is 33.3 Å². The number of carbonyl (C=O) groups is 3. The van der Waals surface area contributed by atoms with Crippen molar-refractivity contribution >= 4 is 40.5 Å². The van der Waals surface area contributed by atoms with Crippen LogP contribution in [0.15, 0.2) is 110 Å². The highest BCUT2D eigenvalue weighted by Crippen LogP contribution is 2.37. The van der Waals surface area contributed by atoms with E-state index in [4.69, 9.17) is 30.5 Å². The minimum atomic E-state index is -1.18. The molecule has 10 nitrogen and oxygen atoms in total. The largest absolute Gasteiger partial charge is 0.459 e. The first-order valence-electron chi connectivity index (χ1n) is 13.4. The van der Waals surface area contributed by atoms with Gasteiger partial charge in [0.05, 0.1) is 22.1 Å². The molecule has 0 amide bonds. The molecule has 3 heterocycles. The van der Waals surface area contributed by atoms with Gasteiger partial charge in [-0.2, -0.15) is 0 Å². The zero-order valence-corrected chi connectivity index (χ0v) is 23.2. The Balaban J connectivity index is 1.37. The summed E-state index contributed by atoms with van der Waals surface area (Å²) in [6.45, 7) is -0.300. The Bertz CT molecular complexity index is 1750. The van der Waals surface area contributed by atoms with Crippen LogP contribution in [0.25, 0.3) is 11.0 Å². The van der Waals surface area contributed by atoms with Gasteiger partial charge in [-0.25, -0.2) is 24.4 Å². The molecule has 0 bridgehead atoms. The fraction of sp³-hybridized carbons (Fsp3) is 0.156. The van der Waals surface area contributed by atoms with Crippen molar-refractivity contribution in [3.8, 4) is 0 Å². The van der Waals surface area contributed by atoms with Crippen LogP contribution in [0.3, 0.4) is 0 Å². The van der Waals surface area contributed by atoms with Crippen molar-refractivity contribution in [2.75, 3.05) is 6.61 Å². The zero-order chi connectivity index (χ0) is 29.8. The van der Waals surface area contributed by atoms with E-state index in [1.807, 2.05) is 0 Å². The minimum absolute atomic E-state index is 0.222. The Morgan fingerprint density at radius 1 is 0.721 bits per heavy atom. The van der Waals surface area contributed by atoms with Crippen LogP contribution in [-0.4, -0.2) is 57.4 Å². The van der Waals surface area contributed by atoms with Crippen LogP contribution in [0.4, 0.5) is 0 Å². The Morgan fingerprint density at radius 3 is 1.84 bits per heavy atom. The zero-order valence-electron chi connectivity index (χ0n) is 22.5. The van der Waals surface area contributed by atoms with E-state index in [0.29, 0.717) is 16.6 Å². The lowest BCUT2D eigenvalue weighted by Gasteiger charge is -2.25. The SMILES string of the molecule is O=C(OCC1OC(n2ccc3c(Cl)ncnc32)C(OC(=O)c2ccccc2)C1OC(=O)c1ccccc1)c1ccccc1. The third-order valence-corrected chi connectivity index (χ3v) is 7.21. The summed E-state index contributed by atoms with van der Waals surface area (Å²) in [5, 5.41) is 0.762. The van der Waals surface area contributed by atoms with Gasteiger partial charge in [-0.1, -0.05) is 66.2 Å². The van der Waals surface area contributed by atoms with Crippen LogP contribution in [0, 0.1) is 0 Å². The molecule has 3 aromatic carbocycles.